The largest absolute Gasteiger partial charge is 0.218 e. The fraction of sp³-hybridized carbons (Fsp3) is 0.750. The number of tetrazole rings is 1. The Labute approximate surface area is 58.7 Å². The van der Waals surface area contributed by atoms with Crippen LogP contribution in [-0.2, 0) is 0 Å². The van der Waals surface area contributed by atoms with Gasteiger partial charge >= 0.3 is 0 Å². The van der Waals surface area contributed by atoms with Crippen LogP contribution in [0.4, 0.5) is 0 Å². The number of thiol groups is 1. The van der Waals surface area contributed by atoms with Gasteiger partial charge in [0.1, 0.15) is 0 Å². The standard InChI is InChI=1S/C4H8N4S/c1-3(2)8-4(9)5-6-7-8/h3H,1-2H3,(H,5,7,9). The molecule has 0 aliphatic carbocycles. The summed E-state index contributed by atoms with van der Waals surface area (Å²) < 4.78 is 1.64. The molecule has 1 aromatic rings. The second-order valence-corrected chi connectivity index (χ2v) is 2.42. The monoisotopic (exact) mass is 144 g/mol. The predicted octanol–water partition coefficient (Wildman–Crippen LogP) is 0.543. The van der Waals surface area contributed by atoms with Crippen LogP contribution < -0.4 is 0 Å². The van der Waals surface area contributed by atoms with Crippen molar-refractivity contribution in [1.82, 2.24) is 20.2 Å². The molecule has 1 rings (SSSR count). The summed E-state index contributed by atoms with van der Waals surface area (Å²) in [5.41, 5.74) is 0. The van der Waals surface area contributed by atoms with E-state index in [1.807, 2.05) is 13.8 Å². The molecule has 0 fully saturated rings. The van der Waals surface area contributed by atoms with E-state index in [0.29, 0.717) is 5.16 Å². The van der Waals surface area contributed by atoms with Crippen LogP contribution >= 0.6 is 12.6 Å². The first-order valence-electron chi connectivity index (χ1n) is 2.68. The van der Waals surface area contributed by atoms with Crippen LogP contribution in [0.2, 0.25) is 0 Å². The molecule has 0 aliphatic rings. The lowest BCUT2D eigenvalue weighted by Crippen LogP contribution is -2.03. The van der Waals surface area contributed by atoms with Crippen molar-refractivity contribution in [2.75, 3.05) is 0 Å². The van der Waals surface area contributed by atoms with Gasteiger partial charge in [-0.3, -0.25) is 0 Å². The van der Waals surface area contributed by atoms with Gasteiger partial charge in [-0.2, -0.15) is 0 Å². The zero-order chi connectivity index (χ0) is 6.85. The highest BCUT2D eigenvalue weighted by Crippen LogP contribution is 2.05. The summed E-state index contributed by atoms with van der Waals surface area (Å²) in [6, 6.07) is 0.285. The third-order valence-electron chi connectivity index (χ3n) is 0.965. The van der Waals surface area contributed by atoms with Gasteiger partial charge < -0.3 is 0 Å². The quantitative estimate of drug-likeness (QED) is 0.585. The first-order valence-corrected chi connectivity index (χ1v) is 3.13. The van der Waals surface area contributed by atoms with E-state index in [-0.39, 0.29) is 6.04 Å². The van der Waals surface area contributed by atoms with Crippen molar-refractivity contribution >= 4 is 12.6 Å². The maximum atomic E-state index is 4.02. The van der Waals surface area contributed by atoms with Gasteiger partial charge in [-0.15, -0.1) is 17.7 Å². The van der Waals surface area contributed by atoms with E-state index in [1.165, 1.54) is 0 Å². The molecule has 0 radical (unpaired) electrons. The molecule has 0 spiro atoms. The lowest BCUT2D eigenvalue weighted by molar-refractivity contribution is 0.478. The Bertz CT molecular complexity index is 194. The highest BCUT2D eigenvalue weighted by molar-refractivity contribution is 7.80. The summed E-state index contributed by atoms with van der Waals surface area (Å²) in [7, 11) is 0. The van der Waals surface area contributed by atoms with Crippen molar-refractivity contribution in [3.8, 4) is 0 Å². The molecule has 0 amide bonds. The van der Waals surface area contributed by atoms with Gasteiger partial charge in [-0.05, 0) is 24.3 Å². The van der Waals surface area contributed by atoms with Gasteiger partial charge in [0.2, 0.25) is 5.16 Å². The Kier molecular flexibility index (Phi) is 1.70. The van der Waals surface area contributed by atoms with Gasteiger partial charge in [-0.25, -0.2) is 4.68 Å². The molecule has 5 heteroatoms. The molecule has 0 bridgehead atoms. The van der Waals surface area contributed by atoms with Gasteiger partial charge in [0.05, 0.1) is 6.04 Å². The Hall–Kier alpha value is -0.580. The topological polar surface area (TPSA) is 43.6 Å². The van der Waals surface area contributed by atoms with E-state index in [0.717, 1.165) is 0 Å². The third kappa shape index (κ3) is 1.21. The minimum absolute atomic E-state index is 0.285. The molecule has 0 aromatic carbocycles. The van der Waals surface area contributed by atoms with Crippen molar-refractivity contribution in [3.05, 3.63) is 0 Å². The molecule has 0 unspecified atom stereocenters. The molecule has 0 aliphatic heterocycles. The fourth-order valence-corrected chi connectivity index (χ4v) is 0.834. The number of nitrogens with zero attached hydrogens (tertiary/aromatic N) is 4. The predicted molar refractivity (Wildman–Crippen MR) is 35.5 cm³/mol. The molecule has 4 nitrogen and oxygen atoms in total. The van der Waals surface area contributed by atoms with Crippen molar-refractivity contribution in [3.63, 3.8) is 0 Å². The summed E-state index contributed by atoms with van der Waals surface area (Å²) in [4.78, 5) is 0. The van der Waals surface area contributed by atoms with Crippen molar-refractivity contribution in [1.29, 1.82) is 0 Å². The van der Waals surface area contributed by atoms with Crippen LogP contribution in [-0.4, -0.2) is 20.2 Å². The summed E-state index contributed by atoms with van der Waals surface area (Å²) in [5.74, 6) is 0. The number of aromatic nitrogens is 4. The summed E-state index contributed by atoms with van der Waals surface area (Å²) >= 11 is 4.02. The highest BCUT2D eigenvalue weighted by Gasteiger charge is 2.02. The molecular formula is C4H8N4S. The van der Waals surface area contributed by atoms with E-state index < -0.39 is 0 Å². The number of hydrogen-bond acceptors (Lipinski definition) is 4. The highest BCUT2D eigenvalue weighted by atomic mass is 32.1. The van der Waals surface area contributed by atoms with E-state index in [2.05, 4.69) is 28.2 Å². The lowest BCUT2D eigenvalue weighted by atomic mass is 10.4. The summed E-state index contributed by atoms with van der Waals surface area (Å²) in [5, 5.41) is 11.3. The van der Waals surface area contributed by atoms with Crippen LogP contribution in [0.25, 0.3) is 0 Å². The van der Waals surface area contributed by atoms with E-state index in [4.69, 9.17) is 0 Å². The first kappa shape index (κ1) is 6.54. The normalized spacial score (nSPS) is 10.7. The second kappa shape index (κ2) is 2.34. The van der Waals surface area contributed by atoms with Crippen LogP contribution in [0.15, 0.2) is 5.16 Å². The Balaban J connectivity index is 2.94. The van der Waals surface area contributed by atoms with Crippen LogP contribution in [0.5, 0.6) is 0 Å². The average molecular weight is 144 g/mol. The minimum Gasteiger partial charge on any atom is -0.218 e. The van der Waals surface area contributed by atoms with Crippen molar-refractivity contribution in [2.45, 2.75) is 25.0 Å². The minimum atomic E-state index is 0.285. The van der Waals surface area contributed by atoms with Gasteiger partial charge in [0.15, 0.2) is 0 Å². The SMILES string of the molecule is CC(C)n1nnnc1S. The smallest absolute Gasteiger partial charge is 0.206 e. The third-order valence-corrected chi connectivity index (χ3v) is 1.26. The zero-order valence-corrected chi connectivity index (χ0v) is 6.21. The first-order chi connectivity index (χ1) is 4.22. The number of hydrogen-bond donors (Lipinski definition) is 1. The fourth-order valence-electron chi connectivity index (χ4n) is 0.523. The van der Waals surface area contributed by atoms with Gasteiger partial charge in [-0.1, -0.05) is 0 Å². The molecule has 0 atom stereocenters. The molecule has 50 valence electrons. The molecule has 0 saturated heterocycles. The maximum absolute atomic E-state index is 4.02. The van der Waals surface area contributed by atoms with Gasteiger partial charge in [0.25, 0.3) is 0 Å². The Morgan fingerprint density at radius 3 is 2.44 bits per heavy atom. The molecular weight excluding hydrogens is 136 g/mol. The molecule has 9 heavy (non-hydrogen) atoms. The van der Waals surface area contributed by atoms with Gasteiger partial charge in [0, 0.05) is 0 Å². The van der Waals surface area contributed by atoms with Crippen molar-refractivity contribution < 1.29 is 0 Å². The molecule has 0 N–H and O–H groups in total. The van der Waals surface area contributed by atoms with E-state index in [9.17, 15) is 0 Å². The van der Waals surface area contributed by atoms with Crippen LogP contribution in [0.1, 0.15) is 19.9 Å². The molecule has 1 aromatic heterocycles. The van der Waals surface area contributed by atoms with Crippen LogP contribution in [0.3, 0.4) is 0 Å². The second-order valence-electron chi connectivity index (χ2n) is 2.02. The summed E-state index contributed by atoms with van der Waals surface area (Å²) in [6.07, 6.45) is 0. The van der Waals surface area contributed by atoms with Crippen molar-refractivity contribution in [2.24, 2.45) is 0 Å². The van der Waals surface area contributed by atoms with Crippen LogP contribution in [0, 0.1) is 0 Å². The van der Waals surface area contributed by atoms with E-state index >= 15 is 0 Å². The lowest BCUT2D eigenvalue weighted by Gasteiger charge is -2.01. The average Bonchev–Trinajstić information content (AvgIpc) is 2.13. The summed E-state index contributed by atoms with van der Waals surface area (Å²) in [6.45, 7) is 3.99. The Morgan fingerprint density at radius 1 is 1.56 bits per heavy atom. The number of rotatable bonds is 1. The maximum Gasteiger partial charge on any atom is 0.206 e. The molecule has 0 saturated carbocycles. The zero-order valence-electron chi connectivity index (χ0n) is 5.31. The van der Waals surface area contributed by atoms with E-state index in [1.54, 1.807) is 4.68 Å². The molecule has 1 heterocycles. The Morgan fingerprint density at radius 2 is 2.22 bits per heavy atom.